The van der Waals surface area contributed by atoms with Gasteiger partial charge in [-0.05, 0) is 24.3 Å². The van der Waals surface area contributed by atoms with Gasteiger partial charge in [0.1, 0.15) is 6.04 Å². The first kappa shape index (κ1) is 14.0. The molecule has 0 spiro atoms. The molecular formula is C12H12ClN3O2. The lowest BCUT2D eigenvalue weighted by Gasteiger charge is -1.92. The molecule has 1 atom stereocenters. The van der Waals surface area contributed by atoms with Crippen molar-refractivity contribution in [3.05, 3.63) is 34.9 Å². The Kier molecular flexibility index (Phi) is 4.69. The van der Waals surface area contributed by atoms with Crippen LogP contribution in [-0.4, -0.2) is 29.3 Å². The van der Waals surface area contributed by atoms with Crippen molar-refractivity contribution < 1.29 is 9.59 Å². The fourth-order valence-electron chi connectivity index (χ4n) is 1.21. The van der Waals surface area contributed by atoms with Crippen LogP contribution >= 0.6 is 11.6 Å². The molecule has 1 aromatic rings. The van der Waals surface area contributed by atoms with Crippen LogP contribution in [0.25, 0.3) is 0 Å². The summed E-state index contributed by atoms with van der Waals surface area (Å²) in [5.41, 5.74) is 5.46. The zero-order valence-corrected chi connectivity index (χ0v) is 10.5. The maximum atomic E-state index is 10.5. The summed E-state index contributed by atoms with van der Waals surface area (Å²) in [5.74, 6) is -0.437. The van der Waals surface area contributed by atoms with Gasteiger partial charge in [-0.3, -0.25) is 9.59 Å². The Labute approximate surface area is 110 Å². The van der Waals surface area contributed by atoms with Gasteiger partial charge >= 0.3 is 0 Å². The number of benzene rings is 1. The van der Waals surface area contributed by atoms with E-state index in [4.69, 9.17) is 22.6 Å². The SMILES string of the molecule is CC(=O)N1CC1C#N.NC(=O)c1ccc(Cl)cc1. The molecule has 1 unspecified atom stereocenters. The lowest BCUT2D eigenvalue weighted by Crippen LogP contribution is -2.10. The predicted molar refractivity (Wildman–Crippen MR) is 66.8 cm³/mol. The van der Waals surface area contributed by atoms with Crippen molar-refractivity contribution in [3.63, 3.8) is 0 Å². The summed E-state index contributed by atoms with van der Waals surface area (Å²) in [5, 5.41) is 8.78. The van der Waals surface area contributed by atoms with Crippen LogP contribution in [0.3, 0.4) is 0 Å². The van der Waals surface area contributed by atoms with E-state index in [-0.39, 0.29) is 11.9 Å². The number of nitrogens with zero attached hydrogens (tertiary/aromatic N) is 2. The van der Waals surface area contributed by atoms with Crippen molar-refractivity contribution in [2.24, 2.45) is 5.73 Å². The number of rotatable bonds is 1. The van der Waals surface area contributed by atoms with Gasteiger partial charge in [0, 0.05) is 17.5 Å². The van der Waals surface area contributed by atoms with Gasteiger partial charge in [-0.15, -0.1) is 0 Å². The molecular weight excluding hydrogens is 254 g/mol. The highest BCUT2D eigenvalue weighted by Crippen LogP contribution is 2.14. The topological polar surface area (TPSA) is 87.0 Å². The molecule has 6 heteroatoms. The first-order valence-electron chi connectivity index (χ1n) is 5.18. The van der Waals surface area contributed by atoms with Gasteiger partial charge in [-0.1, -0.05) is 11.6 Å². The van der Waals surface area contributed by atoms with Crippen LogP contribution in [0.2, 0.25) is 5.02 Å². The third-order valence-electron chi connectivity index (χ3n) is 2.29. The summed E-state index contributed by atoms with van der Waals surface area (Å²) in [6.07, 6.45) is 0. The maximum Gasteiger partial charge on any atom is 0.248 e. The minimum absolute atomic E-state index is 0.00319. The van der Waals surface area contributed by atoms with Crippen molar-refractivity contribution in [2.75, 3.05) is 6.54 Å². The van der Waals surface area contributed by atoms with E-state index in [1.54, 1.807) is 24.3 Å². The van der Waals surface area contributed by atoms with Crippen LogP contribution in [0.4, 0.5) is 0 Å². The van der Waals surface area contributed by atoms with E-state index in [1.165, 1.54) is 11.8 Å². The Morgan fingerprint density at radius 3 is 2.28 bits per heavy atom. The summed E-state index contributed by atoms with van der Waals surface area (Å²) >= 11 is 5.56. The molecule has 2 amide bonds. The van der Waals surface area contributed by atoms with E-state index in [0.29, 0.717) is 17.1 Å². The van der Waals surface area contributed by atoms with Crippen molar-refractivity contribution >= 4 is 23.4 Å². The zero-order valence-electron chi connectivity index (χ0n) is 9.76. The van der Waals surface area contributed by atoms with Gasteiger partial charge in [0.25, 0.3) is 0 Å². The average Bonchev–Trinajstić information content (AvgIpc) is 3.09. The quantitative estimate of drug-likeness (QED) is 0.774. The molecule has 18 heavy (non-hydrogen) atoms. The highest BCUT2D eigenvalue weighted by Gasteiger charge is 2.35. The maximum absolute atomic E-state index is 10.5. The standard InChI is InChI=1S/C7H6ClNO.C5H6N2O/c8-6-3-1-5(2-4-6)7(9)10;1-4(8)7-3-5(7)2-6/h1-4H,(H2,9,10);5H,3H2,1H3. The van der Waals surface area contributed by atoms with Gasteiger partial charge in [-0.2, -0.15) is 5.26 Å². The number of hydrogen-bond acceptors (Lipinski definition) is 3. The largest absolute Gasteiger partial charge is 0.366 e. The second-order valence-electron chi connectivity index (χ2n) is 3.69. The predicted octanol–water partition coefficient (Wildman–Crippen LogP) is 1.18. The van der Waals surface area contributed by atoms with Crippen molar-refractivity contribution in [1.29, 1.82) is 5.26 Å². The molecule has 1 saturated heterocycles. The molecule has 0 aromatic heterocycles. The Hall–Kier alpha value is -2.06. The van der Waals surface area contributed by atoms with E-state index in [1.807, 2.05) is 6.07 Å². The number of carbonyl (C=O) groups is 2. The second kappa shape index (κ2) is 6.03. The number of hydrogen-bond donors (Lipinski definition) is 1. The summed E-state index contributed by atoms with van der Waals surface area (Å²) in [7, 11) is 0. The fraction of sp³-hybridized carbons (Fsp3) is 0.250. The number of nitrogens with two attached hydrogens (primary N) is 1. The van der Waals surface area contributed by atoms with Gasteiger partial charge in [0.05, 0.1) is 12.6 Å². The molecule has 1 aliphatic rings. The first-order valence-corrected chi connectivity index (χ1v) is 5.55. The highest BCUT2D eigenvalue weighted by atomic mass is 35.5. The molecule has 0 saturated carbocycles. The first-order chi connectivity index (χ1) is 8.45. The third kappa shape index (κ3) is 4.07. The Morgan fingerprint density at radius 1 is 1.44 bits per heavy atom. The van der Waals surface area contributed by atoms with Gasteiger partial charge in [-0.25, -0.2) is 0 Å². The molecule has 0 aliphatic carbocycles. The molecule has 94 valence electrons. The number of primary amides is 1. The minimum atomic E-state index is -0.434. The van der Waals surface area contributed by atoms with Crippen molar-refractivity contribution in [2.45, 2.75) is 13.0 Å². The lowest BCUT2D eigenvalue weighted by atomic mass is 10.2. The fourth-order valence-corrected chi connectivity index (χ4v) is 1.34. The van der Waals surface area contributed by atoms with E-state index in [9.17, 15) is 9.59 Å². The van der Waals surface area contributed by atoms with Crippen LogP contribution in [0, 0.1) is 11.3 Å². The number of halogens is 1. The van der Waals surface area contributed by atoms with Crippen LogP contribution in [0.15, 0.2) is 24.3 Å². The van der Waals surface area contributed by atoms with Crippen molar-refractivity contribution in [3.8, 4) is 6.07 Å². The van der Waals surface area contributed by atoms with Crippen molar-refractivity contribution in [1.82, 2.24) is 4.90 Å². The number of nitriles is 1. The second-order valence-corrected chi connectivity index (χ2v) is 4.12. The molecule has 1 fully saturated rings. The van der Waals surface area contributed by atoms with Crippen LogP contribution in [0.5, 0.6) is 0 Å². The van der Waals surface area contributed by atoms with Crippen LogP contribution in [0.1, 0.15) is 17.3 Å². The summed E-state index contributed by atoms with van der Waals surface area (Å²) < 4.78 is 0. The number of carbonyl (C=O) groups excluding carboxylic acids is 2. The third-order valence-corrected chi connectivity index (χ3v) is 2.55. The van der Waals surface area contributed by atoms with Crippen LogP contribution in [-0.2, 0) is 4.79 Å². The van der Waals surface area contributed by atoms with Gasteiger partial charge < -0.3 is 10.6 Å². The Bertz CT molecular complexity index is 493. The number of amides is 2. The zero-order chi connectivity index (χ0) is 13.7. The smallest absolute Gasteiger partial charge is 0.248 e. The summed E-state index contributed by atoms with van der Waals surface area (Å²) in [6, 6.07) is 8.29. The normalized spacial score (nSPS) is 16.1. The molecule has 2 N–H and O–H groups in total. The van der Waals surface area contributed by atoms with E-state index >= 15 is 0 Å². The van der Waals surface area contributed by atoms with E-state index in [2.05, 4.69) is 0 Å². The molecule has 0 radical (unpaired) electrons. The average molecular weight is 266 g/mol. The molecule has 2 rings (SSSR count). The Balaban J connectivity index is 0.000000184. The molecule has 1 aliphatic heterocycles. The van der Waals surface area contributed by atoms with E-state index < -0.39 is 5.91 Å². The monoisotopic (exact) mass is 265 g/mol. The highest BCUT2D eigenvalue weighted by molar-refractivity contribution is 6.30. The molecule has 1 heterocycles. The summed E-state index contributed by atoms with van der Waals surface area (Å²) in [4.78, 5) is 22.4. The lowest BCUT2D eigenvalue weighted by molar-refractivity contribution is -0.123. The van der Waals surface area contributed by atoms with Gasteiger partial charge in [0.2, 0.25) is 11.8 Å². The minimum Gasteiger partial charge on any atom is -0.366 e. The van der Waals surface area contributed by atoms with E-state index in [0.717, 1.165) is 0 Å². The van der Waals surface area contributed by atoms with Gasteiger partial charge in [0.15, 0.2) is 0 Å². The van der Waals surface area contributed by atoms with Crippen LogP contribution < -0.4 is 5.73 Å². The summed E-state index contributed by atoms with van der Waals surface area (Å²) in [6.45, 7) is 2.10. The molecule has 5 nitrogen and oxygen atoms in total. The molecule has 0 bridgehead atoms. The molecule has 1 aromatic carbocycles. The Morgan fingerprint density at radius 2 is 2.00 bits per heavy atom.